The van der Waals surface area contributed by atoms with Gasteiger partial charge in [0.05, 0.1) is 12.7 Å². The standard InChI is InChI=1S/C13H19N3O4/c14-16-15-11-7-9(19-12(11)17)6-10-8-18-13(20-10)4-2-1-3-5-13/h9-11H,1-8H2/t9-,10+,11+/m1/s1. The van der Waals surface area contributed by atoms with E-state index in [4.69, 9.17) is 19.7 Å². The first-order chi connectivity index (χ1) is 9.71. The van der Waals surface area contributed by atoms with Gasteiger partial charge in [0.1, 0.15) is 12.1 Å². The molecule has 7 heteroatoms. The van der Waals surface area contributed by atoms with Gasteiger partial charge >= 0.3 is 5.97 Å². The smallest absolute Gasteiger partial charge is 0.315 e. The number of rotatable bonds is 3. The van der Waals surface area contributed by atoms with Gasteiger partial charge in [-0.05, 0) is 18.4 Å². The van der Waals surface area contributed by atoms with Crippen molar-refractivity contribution in [2.45, 2.75) is 69.0 Å². The third-order valence-electron chi connectivity index (χ3n) is 4.29. The summed E-state index contributed by atoms with van der Waals surface area (Å²) in [7, 11) is 0. The second-order valence-electron chi connectivity index (χ2n) is 5.77. The maximum Gasteiger partial charge on any atom is 0.315 e. The van der Waals surface area contributed by atoms with Crippen molar-refractivity contribution in [2.24, 2.45) is 5.11 Å². The summed E-state index contributed by atoms with van der Waals surface area (Å²) in [6, 6.07) is -0.684. The van der Waals surface area contributed by atoms with Crippen LogP contribution < -0.4 is 0 Å². The predicted molar refractivity (Wildman–Crippen MR) is 68.7 cm³/mol. The van der Waals surface area contributed by atoms with E-state index in [1.54, 1.807) is 0 Å². The summed E-state index contributed by atoms with van der Waals surface area (Å²) in [6.45, 7) is 0.556. The third kappa shape index (κ3) is 2.75. The van der Waals surface area contributed by atoms with E-state index in [2.05, 4.69) is 10.0 Å². The molecular formula is C13H19N3O4. The minimum Gasteiger partial charge on any atom is -0.462 e. The van der Waals surface area contributed by atoms with Gasteiger partial charge in [0.25, 0.3) is 0 Å². The van der Waals surface area contributed by atoms with Crippen LogP contribution in [0.4, 0.5) is 0 Å². The minimum atomic E-state index is -0.684. The maximum absolute atomic E-state index is 11.5. The van der Waals surface area contributed by atoms with E-state index in [0.717, 1.165) is 25.7 Å². The van der Waals surface area contributed by atoms with E-state index in [1.807, 2.05) is 0 Å². The Hall–Kier alpha value is -1.30. The Labute approximate surface area is 117 Å². The largest absolute Gasteiger partial charge is 0.462 e. The highest BCUT2D eigenvalue weighted by Crippen LogP contribution is 2.39. The quantitative estimate of drug-likeness (QED) is 0.343. The zero-order valence-electron chi connectivity index (χ0n) is 11.4. The summed E-state index contributed by atoms with van der Waals surface area (Å²) in [5.41, 5.74) is 8.39. The van der Waals surface area contributed by atoms with E-state index in [1.165, 1.54) is 6.42 Å². The molecule has 7 nitrogen and oxygen atoms in total. The highest BCUT2D eigenvalue weighted by Gasteiger charge is 2.44. The average molecular weight is 281 g/mol. The fourth-order valence-electron chi connectivity index (χ4n) is 3.32. The number of carbonyl (C=O) groups excluding carboxylic acids is 1. The van der Waals surface area contributed by atoms with Crippen LogP contribution in [-0.2, 0) is 19.0 Å². The van der Waals surface area contributed by atoms with E-state index < -0.39 is 17.8 Å². The van der Waals surface area contributed by atoms with E-state index in [-0.39, 0.29) is 12.2 Å². The van der Waals surface area contributed by atoms with E-state index in [0.29, 0.717) is 19.4 Å². The van der Waals surface area contributed by atoms with Crippen LogP contribution >= 0.6 is 0 Å². The lowest BCUT2D eigenvalue weighted by Gasteiger charge is -2.31. The van der Waals surface area contributed by atoms with Crippen LogP contribution in [0.5, 0.6) is 0 Å². The zero-order valence-corrected chi connectivity index (χ0v) is 11.4. The molecule has 110 valence electrons. The molecule has 0 unspecified atom stereocenters. The van der Waals surface area contributed by atoms with Gasteiger partial charge in [-0.2, -0.15) is 0 Å². The van der Waals surface area contributed by atoms with Crippen molar-refractivity contribution in [1.82, 2.24) is 0 Å². The monoisotopic (exact) mass is 281 g/mol. The highest BCUT2D eigenvalue weighted by atomic mass is 16.7. The highest BCUT2D eigenvalue weighted by molar-refractivity contribution is 5.78. The van der Waals surface area contributed by atoms with Gasteiger partial charge in [-0.25, -0.2) is 0 Å². The topological polar surface area (TPSA) is 93.5 Å². The summed E-state index contributed by atoms with van der Waals surface area (Å²) in [5.74, 6) is -0.825. The second kappa shape index (κ2) is 5.60. The number of hydrogen-bond acceptors (Lipinski definition) is 5. The molecule has 20 heavy (non-hydrogen) atoms. The molecule has 1 aliphatic carbocycles. The Morgan fingerprint density at radius 1 is 1.30 bits per heavy atom. The molecule has 2 aliphatic heterocycles. The van der Waals surface area contributed by atoms with Crippen molar-refractivity contribution in [3.8, 4) is 0 Å². The molecular weight excluding hydrogens is 262 g/mol. The molecule has 3 rings (SSSR count). The SMILES string of the molecule is [N-]=[N+]=N[C@H]1C[C@@H](C[C@H]2COC3(CCCCC3)O2)OC1=O. The van der Waals surface area contributed by atoms with Crippen molar-refractivity contribution < 1.29 is 19.0 Å². The van der Waals surface area contributed by atoms with Gasteiger partial charge in [-0.3, -0.25) is 4.79 Å². The lowest BCUT2D eigenvalue weighted by atomic mass is 9.94. The van der Waals surface area contributed by atoms with Gasteiger partial charge in [0.2, 0.25) is 0 Å². The van der Waals surface area contributed by atoms with Crippen LogP contribution in [0.3, 0.4) is 0 Å². The lowest BCUT2D eigenvalue weighted by Crippen LogP contribution is -2.33. The molecule has 3 atom stereocenters. The number of ether oxygens (including phenoxy) is 3. The Bertz CT molecular complexity index is 429. The molecule has 0 aromatic rings. The van der Waals surface area contributed by atoms with Gasteiger partial charge in [0, 0.05) is 30.6 Å². The molecule has 0 aromatic carbocycles. The molecule has 0 N–H and O–H groups in total. The Morgan fingerprint density at radius 3 is 2.85 bits per heavy atom. The van der Waals surface area contributed by atoms with Gasteiger partial charge < -0.3 is 14.2 Å². The van der Waals surface area contributed by atoms with Crippen LogP contribution in [0.15, 0.2) is 5.11 Å². The second-order valence-corrected chi connectivity index (χ2v) is 5.77. The Kier molecular flexibility index (Phi) is 3.83. The molecule has 0 bridgehead atoms. The van der Waals surface area contributed by atoms with Crippen molar-refractivity contribution in [2.75, 3.05) is 6.61 Å². The summed E-state index contributed by atoms with van der Waals surface area (Å²) < 4.78 is 17.2. The fourth-order valence-corrected chi connectivity index (χ4v) is 3.32. The molecule has 2 saturated heterocycles. The summed E-state index contributed by atoms with van der Waals surface area (Å²) in [5, 5.41) is 3.45. The van der Waals surface area contributed by atoms with Gasteiger partial charge in [-0.1, -0.05) is 11.5 Å². The van der Waals surface area contributed by atoms with Crippen LogP contribution in [0.25, 0.3) is 10.4 Å². The van der Waals surface area contributed by atoms with Crippen LogP contribution in [-0.4, -0.2) is 36.6 Å². The number of esters is 1. The molecule has 1 saturated carbocycles. The van der Waals surface area contributed by atoms with E-state index >= 15 is 0 Å². The van der Waals surface area contributed by atoms with Crippen molar-refractivity contribution >= 4 is 5.97 Å². The number of cyclic esters (lactones) is 1. The molecule has 1 spiro atoms. The number of hydrogen-bond donors (Lipinski definition) is 0. The minimum absolute atomic E-state index is 0.0317. The summed E-state index contributed by atoms with van der Waals surface area (Å²) in [6.07, 6.45) is 6.23. The summed E-state index contributed by atoms with van der Waals surface area (Å²) >= 11 is 0. The molecule has 3 fully saturated rings. The van der Waals surface area contributed by atoms with Crippen molar-refractivity contribution in [3.05, 3.63) is 10.4 Å². The van der Waals surface area contributed by atoms with Crippen molar-refractivity contribution in [1.29, 1.82) is 0 Å². The molecule has 0 amide bonds. The Morgan fingerprint density at radius 2 is 2.10 bits per heavy atom. The third-order valence-corrected chi connectivity index (χ3v) is 4.29. The van der Waals surface area contributed by atoms with Crippen LogP contribution in [0.2, 0.25) is 0 Å². The van der Waals surface area contributed by atoms with Gasteiger partial charge in [0.15, 0.2) is 5.79 Å². The maximum atomic E-state index is 11.5. The first-order valence-electron chi connectivity index (χ1n) is 7.27. The first-order valence-corrected chi connectivity index (χ1v) is 7.27. The van der Waals surface area contributed by atoms with Crippen LogP contribution in [0.1, 0.15) is 44.9 Å². The Balaban J connectivity index is 1.52. The molecule has 2 heterocycles. The zero-order chi connectivity index (χ0) is 14.0. The molecule has 3 aliphatic rings. The van der Waals surface area contributed by atoms with Crippen LogP contribution in [0, 0.1) is 0 Å². The molecule has 0 radical (unpaired) electrons. The number of azide groups is 1. The average Bonchev–Trinajstić information content (AvgIpc) is 2.97. The number of nitrogens with zero attached hydrogens (tertiary/aromatic N) is 3. The predicted octanol–water partition coefficient (Wildman–Crippen LogP) is 2.45. The molecule has 0 aromatic heterocycles. The van der Waals surface area contributed by atoms with Crippen molar-refractivity contribution in [3.63, 3.8) is 0 Å². The normalized spacial score (nSPS) is 35.8. The first kappa shape index (κ1) is 13.7. The van der Waals surface area contributed by atoms with Gasteiger partial charge in [-0.15, -0.1) is 0 Å². The number of carbonyl (C=O) groups is 1. The fraction of sp³-hybridized carbons (Fsp3) is 0.923. The summed E-state index contributed by atoms with van der Waals surface area (Å²) in [4.78, 5) is 14.2. The van der Waals surface area contributed by atoms with E-state index in [9.17, 15) is 4.79 Å². The lowest BCUT2D eigenvalue weighted by molar-refractivity contribution is -0.189.